The Morgan fingerprint density at radius 2 is 2.00 bits per heavy atom. The van der Waals surface area contributed by atoms with E-state index in [9.17, 15) is 18.0 Å². The van der Waals surface area contributed by atoms with Crippen molar-refractivity contribution < 1.29 is 17.9 Å². The van der Waals surface area contributed by atoms with Crippen molar-refractivity contribution in [2.75, 3.05) is 31.6 Å². The van der Waals surface area contributed by atoms with E-state index < -0.39 is 21.5 Å². The molecule has 0 saturated carbocycles. The lowest BCUT2D eigenvalue weighted by Crippen LogP contribution is -2.40. The zero-order chi connectivity index (χ0) is 23.7. The Morgan fingerprint density at radius 3 is 2.76 bits per heavy atom. The number of aromatic nitrogens is 3. The molecule has 12 heteroatoms. The van der Waals surface area contributed by atoms with Crippen molar-refractivity contribution in [1.29, 1.82) is 0 Å². The number of ether oxygens (including phenoxy) is 1. The molecule has 0 radical (unpaired) electrons. The Bertz CT molecular complexity index is 1530. The zero-order valence-electron chi connectivity index (χ0n) is 17.7. The molecule has 1 aliphatic heterocycles. The standard InChI is InChI=1S/C22H19N5O5S2/c28-20-11-17(21(29)26-22-25-19(13-33-22)14-2-1-5-23-12-14)16-10-15(3-4-18(16)24-20)34(30,31)27-6-8-32-9-7-27/h1-5,10-13H,6-9H2,(H,24,28)(H,25,26,29). The summed E-state index contributed by atoms with van der Waals surface area (Å²) in [6.07, 6.45) is 3.32. The number of amides is 1. The van der Waals surface area contributed by atoms with Gasteiger partial charge >= 0.3 is 0 Å². The lowest BCUT2D eigenvalue weighted by atomic mass is 10.1. The van der Waals surface area contributed by atoms with Crippen molar-refractivity contribution in [2.24, 2.45) is 0 Å². The van der Waals surface area contributed by atoms with Gasteiger partial charge in [-0.25, -0.2) is 13.4 Å². The molecule has 2 N–H and O–H groups in total. The first-order chi connectivity index (χ1) is 16.4. The number of thiazole rings is 1. The highest BCUT2D eigenvalue weighted by Crippen LogP contribution is 2.27. The number of sulfonamides is 1. The smallest absolute Gasteiger partial charge is 0.258 e. The fraction of sp³-hybridized carbons (Fsp3) is 0.182. The minimum Gasteiger partial charge on any atom is -0.379 e. The van der Waals surface area contributed by atoms with Gasteiger partial charge in [-0.05, 0) is 30.3 Å². The summed E-state index contributed by atoms with van der Waals surface area (Å²) in [6, 6.07) is 9.12. The second-order valence-electron chi connectivity index (χ2n) is 7.50. The molecule has 5 rings (SSSR count). The lowest BCUT2D eigenvalue weighted by molar-refractivity contribution is 0.0730. The van der Waals surface area contributed by atoms with E-state index in [1.807, 2.05) is 6.07 Å². The number of fused-ring (bicyclic) bond motifs is 1. The van der Waals surface area contributed by atoms with Gasteiger partial charge in [-0.15, -0.1) is 11.3 Å². The zero-order valence-corrected chi connectivity index (χ0v) is 19.4. The van der Waals surface area contributed by atoms with E-state index in [-0.39, 0.29) is 23.5 Å². The van der Waals surface area contributed by atoms with Gasteiger partial charge in [0.1, 0.15) is 0 Å². The molecule has 34 heavy (non-hydrogen) atoms. The summed E-state index contributed by atoms with van der Waals surface area (Å²) in [5.74, 6) is -0.566. The number of benzene rings is 1. The van der Waals surface area contributed by atoms with Crippen molar-refractivity contribution in [3.05, 3.63) is 70.1 Å². The van der Waals surface area contributed by atoms with Gasteiger partial charge in [0.05, 0.1) is 29.4 Å². The van der Waals surface area contributed by atoms with E-state index in [1.54, 1.807) is 23.8 Å². The molecule has 1 fully saturated rings. The van der Waals surface area contributed by atoms with Crippen molar-refractivity contribution in [3.8, 4) is 11.3 Å². The van der Waals surface area contributed by atoms with Crippen molar-refractivity contribution in [1.82, 2.24) is 19.3 Å². The minimum atomic E-state index is -3.78. The SMILES string of the molecule is O=C(Nc1nc(-c2cccnc2)cs1)c1cc(=O)[nH]c2ccc(S(=O)(=O)N3CCOCC3)cc12. The fourth-order valence-electron chi connectivity index (χ4n) is 3.66. The molecule has 0 spiro atoms. The first-order valence-corrected chi connectivity index (χ1v) is 12.7. The number of carbonyl (C=O) groups excluding carboxylic acids is 1. The third kappa shape index (κ3) is 4.35. The van der Waals surface area contributed by atoms with E-state index in [0.717, 1.165) is 11.6 Å². The van der Waals surface area contributed by atoms with Gasteiger partial charge in [0.25, 0.3) is 5.91 Å². The van der Waals surface area contributed by atoms with Crippen molar-refractivity contribution in [2.45, 2.75) is 4.90 Å². The average Bonchev–Trinajstić information content (AvgIpc) is 3.32. The molecule has 0 bridgehead atoms. The molecule has 1 aromatic carbocycles. The Hall–Kier alpha value is -3.45. The largest absolute Gasteiger partial charge is 0.379 e. The first kappa shape index (κ1) is 22.3. The first-order valence-electron chi connectivity index (χ1n) is 10.3. The second kappa shape index (κ2) is 9.06. The molecular weight excluding hydrogens is 478 g/mol. The van der Waals surface area contributed by atoms with Crippen LogP contribution in [0, 0.1) is 0 Å². The molecular formula is C22H19N5O5S2. The number of H-pyrrole nitrogens is 1. The van der Waals surface area contributed by atoms with Crippen LogP contribution in [0.3, 0.4) is 0 Å². The van der Waals surface area contributed by atoms with Crippen molar-refractivity contribution >= 4 is 43.3 Å². The number of carbonyl (C=O) groups is 1. The van der Waals surface area contributed by atoms with E-state index in [2.05, 4.69) is 20.3 Å². The molecule has 1 amide bonds. The predicted molar refractivity (Wildman–Crippen MR) is 127 cm³/mol. The quantitative estimate of drug-likeness (QED) is 0.432. The molecule has 174 valence electrons. The van der Waals surface area contributed by atoms with Crippen LogP contribution in [0.25, 0.3) is 22.2 Å². The summed E-state index contributed by atoms with van der Waals surface area (Å²) in [4.78, 5) is 36.4. The predicted octanol–water partition coefficient (Wildman–Crippen LogP) is 2.32. The molecule has 4 heterocycles. The number of hydrogen-bond donors (Lipinski definition) is 2. The van der Waals surface area contributed by atoms with Gasteiger partial charge < -0.3 is 9.72 Å². The highest BCUT2D eigenvalue weighted by atomic mass is 32.2. The topological polar surface area (TPSA) is 134 Å². The van der Waals surface area contributed by atoms with Crippen LogP contribution >= 0.6 is 11.3 Å². The van der Waals surface area contributed by atoms with E-state index in [4.69, 9.17) is 4.74 Å². The molecule has 1 saturated heterocycles. The minimum absolute atomic E-state index is 0.0381. The third-order valence-corrected chi connectivity index (χ3v) is 8.00. The number of nitrogens with zero attached hydrogens (tertiary/aromatic N) is 3. The number of hydrogen-bond acceptors (Lipinski definition) is 8. The van der Waals surface area contributed by atoms with Crippen LogP contribution in [0.5, 0.6) is 0 Å². The monoisotopic (exact) mass is 497 g/mol. The Morgan fingerprint density at radius 1 is 1.18 bits per heavy atom. The van der Waals surface area contributed by atoms with Gasteiger partial charge in [-0.2, -0.15) is 4.31 Å². The summed E-state index contributed by atoms with van der Waals surface area (Å²) in [5.41, 5.74) is 1.39. The highest BCUT2D eigenvalue weighted by Gasteiger charge is 2.27. The van der Waals surface area contributed by atoms with Crippen LogP contribution in [-0.2, 0) is 14.8 Å². The fourth-order valence-corrected chi connectivity index (χ4v) is 5.81. The summed E-state index contributed by atoms with van der Waals surface area (Å²) in [5, 5.41) is 5.15. The van der Waals surface area contributed by atoms with Gasteiger partial charge in [0.2, 0.25) is 15.6 Å². The van der Waals surface area contributed by atoms with Crippen molar-refractivity contribution in [3.63, 3.8) is 0 Å². The van der Waals surface area contributed by atoms with Crippen LogP contribution in [-0.4, -0.2) is 59.9 Å². The molecule has 10 nitrogen and oxygen atoms in total. The van der Waals surface area contributed by atoms with E-state index >= 15 is 0 Å². The van der Waals surface area contributed by atoms with Crippen LogP contribution in [0.15, 0.2) is 63.9 Å². The highest BCUT2D eigenvalue weighted by molar-refractivity contribution is 7.89. The molecule has 0 unspecified atom stereocenters. The third-order valence-electron chi connectivity index (χ3n) is 5.35. The molecule has 4 aromatic rings. The Labute approximate surface area is 198 Å². The van der Waals surface area contributed by atoms with Gasteiger partial charge in [-0.3, -0.25) is 19.9 Å². The summed E-state index contributed by atoms with van der Waals surface area (Å²) >= 11 is 1.23. The second-order valence-corrected chi connectivity index (χ2v) is 10.3. The van der Waals surface area contributed by atoms with Crippen LogP contribution < -0.4 is 10.9 Å². The van der Waals surface area contributed by atoms with Gasteiger partial charge in [-0.1, -0.05) is 0 Å². The number of pyridine rings is 2. The molecule has 0 atom stereocenters. The van der Waals surface area contributed by atoms with Crippen LogP contribution in [0.1, 0.15) is 10.4 Å². The molecule has 1 aliphatic rings. The summed E-state index contributed by atoms with van der Waals surface area (Å²) in [6.45, 7) is 1.15. The maximum Gasteiger partial charge on any atom is 0.258 e. The average molecular weight is 498 g/mol. The van der Waals surface area contributed by atoms with Crippen LogP contribution in [0.2, 0.25) is 0 Å². The normalized spacial score (nSPS) is 14.8. The maximum atomic E-state index is 13.1. The lowest BCUT2D eigenvalue weighted by Gasteiger charge is -2.26. The number of morpholine rings is 1. The van der Waals surface area contributed by atoms with Gasteiger partial charge in [0.15, 0.2) is 5.13 Å². The van der Waals surface area contributed by atoms with Gasteiger partial charge in [0, 0.05) is 53.4 Å². The number of aromatic amines is 1. The van der Waals surface area contributed by atoms with E-state index in [0.29, 0.717) is 34.9 Å². The summed E-state index contributed by atoms with van der Waals surface area (Å²) < 4.78 is 32.8. The number of rotatable bonds is 5. The summed E-state index contributed by atoms with van der Waals surface area (Å²) in [7, 11) is -3.78. The maximum absolute atomic E-state index is 13.1. The number of anilines is 1. The number of nitrogens with one attached hydrogen (secondary N) is 2. The van der Waals surface area contributed by atoms with Crippen LogP contribution in [0.4, 0.5) is 5.13 Å². The van der Waals surface area contributed by atoms with E-state index in [1.165, 1.54) is 33.8 Å². The Kier molecular flexibility index (Phi) is 5.96. The Balaban J connectivity index is 1.49. The molecule has 3 aromatic heterocycles. The molecule has 0 aliphatic carbocycles.